The van der Waals surface area contributed by atoms with Gasteiger partial charge in [0.25, 0.3) is 0 Å². The summed E-state index contributed by atoms with van der Waals surface area (Å²) in [5, 5.41) is 0.806. The van der Waals surface area contributed by atoms with Gasteiger partial charge in [-0.1, -0.05) is 0 Å². The van der Waals surface area contributed by atoms with Gasteiger partial charge in [-0.2, -0.15) is 13.2 Å². The molecule has 2 radical (unpaired) electrons. The van der Waals surface area contributed by atoms with Gasteiger partial charge in [0.05, 0.1) is 0 Å². The number of nitrogens with zero attached hydrogens (tertiary/aromatic N) is 7. The van der Waals surface area contributed by atoms with Crippen molar-refractivity contribution in [3.05, 3.63) is 75.9 Å². The van der Waals surface area contributed by atoms with E-state index in [1.54, 1.807) is 28.4 Å². The predicted octanol–water partition coefficient (Wildman–Crippen LogP) is 6.26. The Bertz CT molecular complexity index is 2060. The van der Waals surface area contributed by atoms with Crippen molar-refractivity contribution in [2.45, 2.75) is 81.5 Å². The normalized spacial score (nSPS) is 15.4. The van der Waals surface area contributed by atoms with E-state index in [1.807, 2.05) is 25.1 Å². The monoisotopic (exact) mass is 749 g/mol. The minimum absolute atomic E-state index is 0.0248. The number of alkyl halides is 3. The van der Waals surface area contributed by atoms with E-state index < -0.39 is 33.0 Å². The van der Waals surface area contributed by atoms with Crippen molar-refractivity contribution < 1.29 is 17.9 Å². The quantitative estimate of drug-likeness (QED) is 0.173. The van der Waals surface area contributed by atoms with E-state index in [-0.39, 0.29) is 27.5 Å². The number of imidazole rings is 1. The molecule has 1 aromatic carbocycles. The van der Waals surface area contributed by atoms with Gasteiger partial charge in [0, 0.05) is 0 Å². The van der Waals surface area contributed by atoms with Crippen LogP contribution in [0.4, 0.5) is 13.2 Å². The fourth-order valence-electron chi connectivity index (χ4n) is 5.87. The first-order valence-electron chi connectivity index (χ1n) is 15.7. The molecule has 0 saturated heterocycles. The molecule has 47 heavy (non-hydrogen) atoms. The van der Waals surface area contributed by atoms with Crippen molar-refractivity contribution in [3.63, 3.8) is 0 Å². The molecular formula is C34H34F3N7O2Sn. The van der Waals surface area contributed by atoms with Crippen molar-refractivity contribution in [2.24, 2.45) is 0 Å². The minimum atomic E-state index is -4.52. The second-order valence-corrected chi connectivity index (χ2v) is 19.9. The van der Waals surface area contributed by atoms with Crippen LogP contribution in [0, 0.1) is 6.92 Å². The van der Waals surface area contributed by atoms with E-state index >= 15 is 0 Å². The molecular weight excluding hydrogens is 714 g/mol. The van der Waals surface area contributed by atoms with Gasteiger partial charge in [-0.3, -0.25) is 0 Å². The summed E-state index contributed by atoms with van der Waals surface area (Å²) in [5.74, 6) is 1.38. The molecule has 0 N–H and O–H groups in total. The number of aromatic nitrogens is 7. The average molecular weight is 748 g/mol. The number of methoxy groups -OCH3 is 1. The Morgan fingerprint density at radius 1 is 1.00 bits per heavy atom. The molecule has 0 bridgehead atoms. The zero-order chi connectivity index (χ0) is 33.2. The van der Waals surface area contributed by atoms with Crippen LogP contribution in [0.15, 0.2) is 47.7 Å². The van der Waals surface area contributed by atoms with Crippen LogP contribution in [0.25, 0.3) is 33.8 Å². The Kier molecular flexibility index (Phi) is 7.91. The first kappa shape index (κ1) is 31.8. The van der Waals surface area contributed by atoms with Crippen molar-refractivity contribution >= 4 is 35.8 Å². The van der Waals surface area contributed by atoms with Crippen molar-refractivity contribution in [3.8, 4) is 28.7 Å². The van der Waals surface area contributed by atoms with Crippen molar-refractivity contribution in [2.75, 3.05) is 7.11 Å². The number of fused-ring (bicyclic) bond motifs is 1. The second kappa shape index (κ2) is 11.7. The summed E-state index contributed by atoms with van der Waals surface area (Å²) in [7, 11) is 1.56. The zero-order valence-electron chi connectivity index (χ0n) is 26.8. The number of pyridine rings is 1. The summed E-state index contributed by atoms with van der Waals surface area (Å²) < 4.78 is 50.4. The average Bonchev–Trinajstić information content (AvgIpc) is 3.96. The van der Waals surface area contributed by atoms with Crippen LogP contribution < -0.4 is 13.9 Å². The summed E-state index contributed by atoms with van der Waals surface area (Å²) in [6, 6.07) is 9.25. The molecule has 0 unspecified atom stereocenters. The van der Waals surface area contributed by atoms with Gasteiger partial charge >= 0.3 is 268 Å². The second-order valence-electron chi connectivity index (χ2n) is 13.4. The maximum atomic E-state index is 14.2. The summed E-state index contributed by atoms with van der Waals surface area (Å²) in [6.07, 6.45) is 1.77. The van der Waals surface area contributed by atoms with Crippen LogP contribution >= 0.6 is 0 Å². The van der Waals surface area contributed by atoms with Crippen LogP contribution in [0.1, 0.15) is 81.1 Å². The number of hydrogen-bond acceptors (Lipinski definition) is 7. The topological polar surface area (TPSA) is 101 Å². The van der Waals surface area contributed by atoms with Crippen molar-refractivity contribution in [1.29, 1.82) is 0 Å². The molecule has 4 heterocycles. The van der Waals surface area contributed by atoms with E-state index in [1.165, 1.54) is 6.33 Å². The Hall–Kier alpha value is -3.81. The zero-order valence-corrected chi connectivity index (χ0v) is 29.7. The van der Waals surface area contributed by atoms with Gasteiger partial charge in [-0.25, -0.2) is 0 Å². The Balaban J connectivity index is 1.34. The van der Waals surface area contributed by atoms with Crippen molar-refractivity contribution in [1.82, 2.24) is 34.1 Å². The third-order valence-electron chi connectivity index (χ3n) is 8.38. The molecule has 13 heteroatoms. The number of aryl methyl sites for hydroxylation is 1. The first-order chi connectivity index (χ1) is 22.3. The molecule has 242 valence electrons. The molecule has 2 saturated carbocycles. The van der Waals surface area contributed by atoms with Gasteiger partial charge in [0.1, 0.15) is 0 Å². The number of ether oxygens (including phenoxy) is 1. The Labute approximate surface area is 279 Å². The molecule has 5 aromatic rings. The van der Waals surface area contributed by atoms with Crippen LogP contribution in [0.3, 0.4) is 0 Å². The molecule has 0 amide bonds. The maximum absolute atomic E-state index is 14.2. The molecule has 0 aliphatic heterocycles. The van der Waals surface area contributed by atoms with Gasteiger partial charge < -0.3 is 0 Å². The van der Waals surface area contributed by atoms with Gasteiger partial charge in [-0.15, -0.1) is 0 Å². The van der Waals surface area contributed by atoms with E-state index in [0.717, 1.165) is 57.8 Å². The molecule has 9 nitrogen and oxygen atoms in total. The Morgan fingerprint density at radius 2 is 1.72 bits per heavy atom. The summed E-state index contributed by atoms with van der Waals surface area (Å²) in [6.45, 7) is 8.64. The Morgan fingerprint density at radius 3 is 2.34 bits per heavy atom. The molecule has 2 fully saturated rings. The van der Waals surface area contributed by atoms with Gasteiger partial charge in [0.2, 0.25) is 0 Å². The molecule has 2 aliphatic rings. The van der Waals surface area contributed by atoms with E-state index in [4.69, 9.17) is 14.7 Å². The van der Waals surface area contributed by atoms with Crippen LogP contribution in [0.5, 0.6) is 5.88 Å². The van der Waals surface area contributed by atoms with E-state index in [2.05, 4.69) is 35.7 Å². The van der Waals surface area contributed by atoms with Crippen LogP contribution in [0.2, 0.25) is 3.43 Å². The van der Waals surface area contributed by atoms with E-state index in [9.17, 15) is 18.0 Å². The number of benzene rings is 1. The third kappa shape index (κ3) is 6.40. The SMILES string of the molecule is COc1ncnc(C2CC2)c1-c1nc(C)c2c[c]([Sn][C](C)(C)C)c(=O)n(Cc3ccc(-c4nc(C(F)(F)F)cn4C4CC4)cc3)c2n1. The van der Waals surface area contributed by atoms with Crippen LogP contribution in [-0.4, -0.2) is 62.3 Å². The molecule has 0 spiro atoms. The number of hydrogen-bond donors (Lipinski definition) is 0. The number of rotatable bonds is 8. The fourth-order valence-corrected chi connectivity index (χ4v) is 9.49. The summed E-state index contributed by atoms with van der Waals surface area (Å²) >= 11 is -1.33. The third-order valence-corrected chi connectivity index (χ3v) is 12.3. The summed E-state index contributed by atoms with van der Waals surface area (Å²) in [4.78, 5) is 37.0. The standard InChI is InChI=1S/C30H25F3N7O2.C4H9.Sn/c1-16-21-11-12-23(41)40(28(21)38-26(36-16)24-25(18-7-8-18)34-15-35-29(24)42-2)13-17-3-5-19(6-4-17)27-37-22(30(31,32)33)14-39(27)20-9-10-20;1-4(2)3;/h3-6,11,14-15,18,20H,7-10,13H2,1-2H3;1-3H3;. The molecule has 2 aliphatic carbocycles. The summed E-state index contributed by atoms with van der Waals surface area (Å²) in [5.41, 5.74) is 3.17. The molecule has 4 aromatic heterocycles. The number of halogens is 3. The van der Waals surface area contributed by atoms with Crippen LogP contribution in [-0.2, 0) is 12.7 Å². The van der Waals surface area contributed by atoms with E-state index in [0.29, 0.717) is 34.3 Å². The van der Waals surface area contributed by atoms with Gasteiger partial charge in [0.15, 0.2) is 0 Å². The van der Waals surface area contributed by atoms with Gasteiger partial charge in [-0.05, 0) is 0 Å². The molecule has 0 atom stereocenters. The molecule has 7 rings (SSSR count). The first-order valence-corrected chi connectivity index (χ1v) is 18.5. The fraction of sp³-hybridized carbons (Fsp3) is 0.412. The predicted molar refractivity (Wildman–Crippen MR) is 173 cm³/mol.